The molecule has 126 valence electrons. The minimum atomic E-state index is 0.0631. The third-order valence-corrected chi connectivity index (χ3v) is 5.55. The summed E-state index contributed by atoms with van der Waals surface area (Å²) in [7, 11) is 2.01. The quantitative estimate of drug-likeness (QED) is 0.700. The Bertz CT molecular complexity index is 990. The van der Waals surface area contributed by atoms with Gasteiger partial charge < -0.3 is 9.47 Å². The number of thioether (sulfide) groups is 1. The summed E-state index contributed by atoms with van der Waals surface area (Å²) in [5, 5.41) is 0.964. The Morgan fingerprint density at radius 1 is 1.16 bits per heavy atom. The van der Waals surface area contributed by atoms with Gasteiger partial charge >= 0.3 is 0 Å². The van der Waals surface area contributed by atoms with Gasteiger partial charge in [-0.2, -0.15) is 0 Å². The van der Waals surface area contributed by atoms with Crippen LogP contribution in [0.3, 0.4) is 0 Å². The van der Waals surface area contributed by atoms with E-state index in [2.05, 4.69) is 10.6 Å². The van der Waals surface area contributed by atoms with Crippen molar-refractivity contribution in [3.05, 3.63) is 70.5 Å². The molecule has 4 nitrogen and oxygen atoms in total. The van der Waals surface area contributed by atoms with Gasteiger partial charge in [-0.25, -0.2) is 4.98 Å². The first-order chi connectivity index (χ1) is 12.1. The SMILES string of the molecule is Cc1ccccc1C(=O)N1CCS/C1=C/c1nc2ccccc2n1C. The molecular formula is C20H19N3OS. The lowest BCUT2D eigenvalue weighted by atomic mass is 10.1. The predicted octanol–water partition coefficient (Wildman–Crippen LogP) is 4.07. The number of aromatic nitrogens is 2. The van der Waals surface area contributed by atoms with Crippen LogP contribution in [-0.4, -0.2) is 32.7 Å². The van der Waals surface area contributed by atoms with E-state index in [1.54, 1.807) is 11.8 Å². The molecule has 1 aliphatic rings. The smallest absolute Gasteiger partial charge is 0.258 e. The molecule has 0 radical (unpaired) electrons. The van der Waals surface area contributed by atoms with Gasteiger partial charge in [0.15, 0.2) is 0 Å². The maximum Gasteiger partial charge on any atom is 0.258 e. The van der Waals surface area contributed by atoms with Gasteiger partial charge in [0.05, 0.1) is 16.1 Å². The lowest BCUT2D eigenvalue weighted by molar-refractivity contribution is 0.0830. The summed E-state index contributed by atoms with van der Waals surface area (Å²) in [6, 6.07) is 15.8. The van der Waals surface area contributed by atoms with Gasteiger partial charge in [0.2, 0.25) is 0 Å². The topological polar surface area (TPSA) is 38.1 Å². The molecule has 0 saturated carbocycles. The number of amides is 1. The number of fused-ring (bicyclic) bond motifs is 1. The molecule has 2 aromatic carbocycles. The standard InChI is InChI=1S/C20H19N3OS/c1-14-7-3-4-8-15(14)20(24)23-11-12-25-19(23)13-18-21-16-9-5-6-10-17(16)22(18)2/h3-10,13H,11-12H2,1-2H3/b19-13+. The number of benzene rings is 2. The van der Waals surface area contributed by atoms with Crippen LogP contribution in [0.2, 0.25) is 0 Å². The van der Waals surface area contributed by atoms with E-state index in [1.807, 2.05) is 67.4 Å². The second kappa shape index (κ2) is 6.41. The van der Waals surface area contributed by atoms with E-state index >= 15 is 0 Å². The Morgan fingerprint density at radius 2 is 1.92 bits per heavy atom. The number of hydrogen-bond donors (Lipinski definition) is 0. The van der Waals surface area contributed by atoms with Crippen molar-refractivity contribution in [3.63, 3.8) is 0 Å². The van der Waals surface area contributed by atoms with Crippen molar-refractivity contribution in [1.82, 2.24) is 14.5 Å². The molecule has 2 heterocycles. The van der Waals surface area contributed by atoms with Crippen molar-refractivity contribution in [3.8, 4) is 0 Å². The Balaban J connectivity index is 1.71. The zero-order valence-electron chi connectivity index (χ0n) is 14.3. The number of rotatable bonds is 2. The first-order valence-electron chi connectivity index (χ1n) is 8.28. The monoisotopic (exact) mass is 349 g/mol. The first-order valence-corrected chi connectivity index (χ1v) is 9.27. The van der Waals surface area contributed by atoms with Crippen molar-refractivity contribution < 1.29 is 4.79 Å². The van der Waals surface area contributed by atoms with E-state index in [4.69, 9.17) is 4.98 Å². The van der Waals surface area contributed by atoms with Crippen molar-refractivity contribution >= 4 is 34.8 Å². The summed E-state index contributed by atoms with van der Waals surface area (Å²) in [6.45, 7) is 2.71. The second-order valence-corrected chi connectivity index (χ2v) is 7.24. The molecule has 0 N–H and O–H groups in total. The third kappa shape index (κ3) is 2.85. The number of para-hydroxylation sites is 2. The molecule has 1 fully saturated rings. The lowest BCUT2D eigenvalue weighted by Crippen LogP contribution is -2.27. The molecular weight excluding hydrogens is 330 g/mol. The number of nitrogens with zero attached hydrogens (tertiary/aromatic N) is 3. The number of carbonyl (C=O) groups is 1. The van der Waals surface area contributed by atoms with Crippen LogP contribution < -0.4 is 0 Å². The zero-order valence-corrected chi connectivity index (χ0v) is 15.1. The zero-order chi connectivity index (χ0) is 17.4. The summed E-state index contributed by atoms with van der Waals surface area (Å²) >= 11 is 1.71. The highest BCUT2D eigenvalue weighted by molar-refractivity contribution is 8.03. The van der Waals surface area contributed by atoms with Crippen LogP contribution in [0.5, 0.6) is 0 Å². The lowest BCUT2D eigenvalue weighted by Gasteiger charge is -2.18. The fraction of sp³-hybridized carbons (Fsp3) is 0.200. The van der Waals surface area contributed by atoms with E-state index < -0.39 is 0 Å². The highest BCUT2D eigenvalue weighted by Gasteiger charge is 2.26. The van der Waals surface area contributed by atoms with Gasteiger partial charge in [0.1, 0.15) is 5.82 Å². The van der Waals surface area contributed by atoms with Crippen molar-refractivity contribution in [1.29, 1.82) is 0 Å². The van der Waals surface area contributed by atoms with Gasteiger partial charge in [0, 0.05) is 31.0 Å². The number of carbonyl (C=O) groups excluding carboxylic acids is 1. The van der Waals surface area contributed by atoms with E-state index in [0.29, 0.717) is 0 Å². The molecule has 3 aromatic rings. The molecule has 4 rings (SSSR count). The fourth-order valence-corrected chi connectivity index (χ4v) is 4.11. The average molecular weight is 349 g/mol. The molecule has 0 aliphatic carbocycles. The third-order valence-electron chi connectivity index (χ3n) is 4.53. The highest BCUT2D eigenvalue weighted by atomic mass is 32.2. The molecule has 1 aromatic heterocycles. The van der Waals surface area contributed by atoms with Gasteiger partial charge in [-0.1, -0.05) is 30.3 Å². The normalized spacial score (nSPS) is 16.1. The maximum absolute atomic E-state index is 13.0. The molecule has 0 atom stereocenters. The molecule has 5 heteroatoms. The molecule has 1 aliphatic heterocycles. The molecule has 1 amide bonds. The van der Waals surface area contributed by atoms with Gasteiger partial charge in [0.25, 0.3) is 5.91 Å². The first kappa shape index (κ1) is 16.0. The largest absolute Gasteiger partial charge is 0.328 e. The van der Waals surface area contributed by atoms with E-state index in [-0.39, 0.29) is 5.91 Å². The summed E-state index contributed by atoms with van der Waals surface area (Å²) in [5.74, 6) is 1.84. The fourth-order valence-electron chi connectivity index (χ4n) is 3.11. The van der Waals surface area contributed by atoms with Crippen molar-refractivity contribution in [2.45, 2.75) is 6.92 Å². The van der Waals surface area contributed by atoms with Gasteiger partial charge in [-0.15, -0.1) is 11.8 Å². The molecule has 25 heavy (non-hydrogen) atoms. The van der Waals surface area contributed by atoms with Crippen LogP contribution >= 0.6 is 11.8 Å². The summed E-state index contributed by atoms with van der Waals surface area (Å²) in [5.41, 5.74) is 3.83. The summed E-state index contributed by atoms with van der Waals surface area (Å²) < 4.78 is 2.07. The van der Waals surface area contributed by atoms with E-state index in [9.17, 15) is 4.79 Å². The molecule has 0 spiro atoms. The van der Waals surface area contributed by atoms with Crippen LogP contribution in [0, 0.1) is 6.92 Å². The summed E-state index contributed by atoms with van der Waals surface area (Å²) in [4.78, 5) is 19.5. The van der Waals surface area contributed by atoms with Crippen molar-refractivity contribution in [2.75, 3.05) is 12.3 Å². The minimum Gasteiger partial charge on any atom is -0.328 e. The Hall–Kier alpha value is -2.53. The van der Waals surface area contributed by atoms with Crippen LogP contribution in [0.25, 0.3) is 17.1 Å². The molecule has 0 unspecified atom stereocenters. The average Bonchev–Trinajstić information content (AvgIpc) is 3.21. The van der Waals surface area contributed by atoms with Gasteiger partial charge in [-0.05, 0) is 30.7 Å². The van der Waals surface area contributed by atoms with Crippen LogP contribution in [-0.2, 0) is 7.05 Å². The van der Waals surface area contributed by atoms with Crippen LogP contribution in [0.15, 0.2) is 53.6 Å². The second-order valence-electron chi connectivity index (χ2n) is 6.12. The van der Waals surface area contributed by atoms with Crippen molar-refractivity contribution in [2.24, 2.45) is 7.05 Å². The predicted molar refractivity (Wildman–Crippen MR) is 103 cm³/mol. The highest BCUT2D eigenvalue weighted by Crippen LogP contribution is 2.32. The number of aryl methyl sites for hydroxylation is 2. The van der Waals surface area contributed by atoms with E-state index in [1.165, 1.54) is 0 Å². The summed E-state index contributed by atoms with van der Waals surface area (Å²) in [6.07, 6.45) is 2.02. The molecule has 1 saturated heterocycles. The Labute approximate surface area is 151 Å². The number of hydrogen-bond acceptors (Lipinski definition) is 3. The minimum absolute atomic E-state index is 0.0631. The van der Waals surface area contributed by atoms with Gasteiger partial charge in [-0.3, -0.25) is 4.79 Å². The van der Waals surface area contributed by atoms with Crippen LogP contribution in [0.4, 0.5) is 0 Å². The Morgan fingerprint density at radius 3 is 2.72 bits per heavy atom. The van der Waals surface area contributed by atoms with Crippen LogP contribution in [0.1, 0.15) is 21.7 Å². The number of imidazole rings is 1. The van der Waals surface area contributed by atoms with E-state index in [0.717, 1.165) is 45.3 Å². The Kier molecular flexibility index (Phi) is 4.09. The molecule has 0 bridgehead atoms. The maximum atomic E-state index is 13.0.